The van der Waals surface area contributed by atoms with E-state index in [-0.39, 0.29) is 18.4 Å². The zero-order valence-corrected chi connectivity index (χ0v) is 12.2. The van der Waals surface area contributed by atoms with Crippen LogP contribution in [-0.2, 0) is 17.7 Å². The summed E-state index contributed by atoms with van der Waals surface area (Å²) >= 11 is 0. The lowest BCUT2D eigenvalue weighted by molar-refractivity contribution is 0.0563. The summed E-state index contributed by atoms with van der Waals surface area (Å²) in [5.41, 5.74) is 1.02. The molecule has 0 radical (unpaired) electrons. The van der Waals surface area contributed by atoms with Gasteiger partial charge in [-0.05, 0) is 25.5 Å². The fraction of sp³-hybridized carbons (Fsp3) is 0.667. The molecule has 1 N–H and O–H groups in total. The molecule has 0 aromatic carbocycles. The Morgan fingerprint density at radius 2 is 2.35 bits per heavy atom. The van der Waals surface area contributed by atoms with Gasteiger partial charge in [0, 0.05) is 24.6 Å². The Bertz CT molecular complexity index is 455. The molecular weight excluding hydrogens is 258 g/mol. The zero-order valence-electron chi connectivity index (χ0n) is 12.2. The highest BCUT2D eigenvalue weighted by Gasteiger charge is 2.24. The van der Waals surface area contributed by atoms with Crippen molar-refractivity contribution in [3.63, 3.8) is 0 Å². The molecule has 1 fully saturated rings. The number of piperidine rings is 1. The molecule has 1 aromatic rings. The summed E-state index contributed by atoms with van der Waals surface area (Å²) in [6.07, 6.45) is 4.09. The molecule has 2 heterocycles. The normalized spacial score (nSPS) is 20.1. The molecule has 1 atom stereocenters. The van der Waals surface area contributed by atoms with Crippen LogP contribution in [0.3, 0.4) is 0 Å². The molecule has 2 rings (SSSR count). The lowest BCUT2D eigenvalue weighted by atomic mass is 10.0. The van der Waals surface area contributed by atoms with Crippen molar-refractivity contribution >= 4 is 5.97 Å². The van der Waals surface area contributed by atoms with Crippen LogP contribution in [0.4, 0.5) is 0 Å². The zero-order chi connectivity index (χ0) is 14.5. The summed E-state index contributed by atoms with van der Waals surface area (Å²) in [5.74, 6) is 0.646. The first-order valence-electron chi connectivity index (χ1n) is 7.24. The number of ether oxygens (including phenoxy) is 1. The van der Waals surface area contributed by atoms with Crippen LogP contribution in [0.2, 0.25) is 0 Å². The fourth-order valence-electron chi connectivity index (χ4n) is 2.79. The van der Waals surface area contributed by atoms with Gasteiger partial charge in [0.15, 0.2) is 0 Å². The average Bonchev–Trinajstić information content (AvgIpc) is 2.90. The van der Waals surface area contributed by atoms with Crippen LogP contribution in [0.15, 0.2) is 10.5 Å². The number of esters is 1. The quantitative estimate of drug-likeness (QED) is 0.836. The van der Waals surface area contributed by atoms with Crippen molar-refractivity contribution in [2.45, 2.75) is 45.2 Å². The highest BCUT2D eigenvalue weighted by Crippen LogP contribution is 2.23. The SMILES string of the molecule is CCc1oc(C(=O)OC)cc1CN1CCCCC1CO. The predicted octanol–water partition coefficient (Wildman–Crippen LogP) is 1.98. The Morgan fingerprint density at radius 3 is 3.00 bits per heavy atom. The minimum absolute atomic E-state index is 0.184. The largest absolute Gasteiger partial charge is 0.463 e. The van der Waals surface area contributed by atoms with Crippen molar-refractivity contribution in [2.75, 3.05) is 20.3 Å². The highest BCUT2D eigenvalue weighted by molar-refractivity contribution is 5.86. The molecule has 20 heavy (non-hydrogen) atoms. The van der Waals surface area contributed by atoms with Gasteiger partial charge in [0.25, 0.3) is 0 Å². The Labute approximate surface area is 119 Å². The second-order valence-corrected chi connectivity index (χ2v) is 5.21. The van der Waals surface area contributed by atoms with E-state index in [0.717, 1.165) is 43.7 Å². The number of aliphatic hydroxyl groups is 1. The van der Waals surface area contributed by atoms with E-state index < -0.39 is 5.97 Å². The van der Waals surface area contributed by atoms with E-state index >= 15 is 0 Å². The molecule has 1 unspecified atom stereocenters. The number of aryl methyl sites for hydroxylation is 1. The Kier molecular flexibility index (Phi) is 5.20. The average molecular weight is 281 g/mol. The minimum Gasteiger partial charge on any atom is -0.463 e. The van der Waals surface area contributed by atoms with Crippen LogP contribution >= 0.6 is 0 Å². The molecule has 1 saturated heterocycles. The van der Waals surface area contributed by atoms with E-state index in [4.69, 9.17) is 9.15 Å². The Hall–Kier alpha value is -1.33. The van der Waals surface area contributed by atoms with Gasteiger partial charge < -0.3 is 14.3 Å². The molecule has 1 aromatic heterocycles. The number of furan rings is 1. The molecule has 1 aliphatic heterocycles. The molecular formula is C15H23NO4. The van der Waals surface area contributed by atoms with E-state index in [2.05, 4.69) is 4.90 Å². The summed E-state index contributed by atoms with van der Waals surface area (Å²) in [6, 6.07) is 1.98. The number of hydrogen-bond acceptors (Lipinski definition) is 5. The van der Waals surface area contributed by atoms with Gasteiger partial charge >= 0.3 is 5.97 Å². The second-order valence-electron chi connectivity index (χ2n) is 5.21. The van der Waals surface area contributed by atoms with Crippen molar-refractivity contribution in [3.05, 3.63) is 23.2 Å². The lowest BCUT2D eigenvalue weighted by Gasteiger charge is -2.34. The van der Waals surface area contributed by atoms with Crippen molar-refractivity contribution in [3.8, 4) is 0 Å². The van der Waals surface area contributed by atoms with E-state index in [1.165, 1.54) is 13.5 Å². The third kappa shape index (κ3) is 3.22. The maximum Gasteiger partial charge on any atom is 0.373 e. The topological polar surface area (TPSA) is 62.9 Å². The van der Waals surface area contributed by atoms with Crippen LogP contribution in [0.5, 0.6) is 0 Å². The van der Waals surface area contributed by atoms with Crippen molar-refractivity contribution < 1.29 is 19.1 Å². The van der Waals surface area contributed by atoms with Gasteiger partial charge in [-0.1, -0.05) is 13.3 Å². The van der Waals surface area contributed by atoms with E-state index in [9.17, 15) is 9.90 Å². The first-order chi connectivity index (χ1) is 9.69. The van der Waals surface area contributed by atoms with Gasteiger partial charge in [0.2, 0.25) is 5.76 Å². The molecule has 0 spiro atoms. The molecule has 112 valence electrons. The van der Waals surface area contributed by atoms with Crippen LogP contribution in [0.1, 0.15) is 48.1 Å². The number of likely N-dealkylation sites (tertiary alicyclic amines) is 1. The Morgan fingerprint density at radius 1 is 1.55 bits per heavy atom. The summed E-state index contributed by atoms with van der Waals surface area (Å²) in [5, 5.41) is 9.46. The lowest BCUT2D eigenvalue weighted by Crippen LogP contribution is -2.41. The maximum absolute atomic E-state index is 11.5. The molecule has 0 bridgehead atoms. The molecule has 0 amide bonds. The minimum atomic E-state index is -0.441. The number of hydrogen-bond donors (Lipinski definition) is 1. The number of carbonyl (C=O) groups is 1. The standard InChI is InChI=1S/C15H23NO4/c1-3-13-11(8-14(20-13)15(18)19-2)9-16-7-5-4-6-12(16)10-17/h8,12,17H,3-7,9-10H2,1-2H3. The van der Waals surface area contributed by atoms with Gasteiger partial charge in [0.05, 0.1) is 13.7 Å². The molecule has 5 nitrogen and oxygen atoms in total. The highest BCUT2D eigenvalue weighted by atomic mass is 16.5. The smallest absolute Gasteiger partial charge is 0.373 e. The second kappa shape index (κ2) is 6.90. The third-order valence-electron chi connectivity index (χ3n) is 3.94. The number of methoxy groups -OCH3 is 1. The van der Waals surface area contributed by atoms with Gasteiger partial charge in [-0.2, -0.15) is 0 Å². The first kappa shape index (κ1) is 15.1. The monoisotopic (exact) mass is 281 g/mol. The van der Waals surface area contributed by atoms with Crippen LogP contribution in [0, 0.1) is 0 Å². The van der Waals surface area contributed by atoms with E-state index in [1.807, 2.05) is 6.92 Å². The predicted molar refractivity (Wildman–Crippen MR) is 74.6 cm³/mol. The number of aliphatic hydroxyl groups excluding tert-OH is 1. The van der Waals surface area contributed by atoms with Crippen LogP contribution in [-0.4, -0.2) is 42.3 Å². The molecule has 0 aliphatic carbocycles. The molecule has 1 aliphatic rings. The molecule has 0 saturated carbocycles. The van der Waals surface area contributed by atoms with Gasteiger partial charge in [0.1, 0.15) is 5.76 Å². The number of nitrogens with zero attached hydrogens (tertiary/aromatic N) is 1. The van der Waals surface area contributed by atoms with E-state index in [0.29, 0.717) is 0 Å². The number of rotatable bonds is 5. The van der Waals surface area contributed by atoms with Crippen LogP contribution in [0.25, 0.3) is 0 Å². The third-order valence-corrected chi connectivity index (χ3v) is 3.94. The van der Waals surface area contributed by atoms with E-state index in [1.54, 1.807) is 6.07 Å². The van der Waals surface area contributed by atoms with Crippen molar-refractivity contribution in [1.82, 2.24) is 4.90 Å². The van der Waals surface area contributed by atoms with Crippen LogP contribution < -0.4 is 0 Å². The summed E-state index contributed by atoms with van der Waals surface area (Å²) in [6.45, 7) is 3.88. The van der Waals surface area contributed by atoms with Gasteiger partial charge in [-0.25, -0.2) is 4.79 Å². The summed E-state index contributed by atoms with van der Waals surface area (Å²) < 4.78 is 10.3. The van der Waals surface area contributed by atoms with Crippen molar-refractivity contribution in [1.29, 1.82) is 0 Å². The number of carbonyl (C=O) groups excluding carboxylic acids is 1. The first-order valence-corrected chi connectivity index (χ1v) is 7.24. The summed E-state index contributed by atoms with van der Waals surface area (Å²) in [7, 11) is 1.35. The Balaban J connectivity index is 2.14. The van der Waals surface area contributed by atoms with Gasteiger partial charge in [-0.3, -0.25) is 4.90 Å². The molecule has 5 heteroatoms. The fourth-order valence-corrected chi connectivity index (χ4v) is 2.79. The van der Waals surface area contributed by atoms with Crippen molar-refractivity contribution in [2.24, 2.45) is 0 Å². The maximum atomic E-state index is 11.5. The summed E-state index contributed by atoms with van der Waals surface area (Å²) in [4.78, 5) is 13.8. The van der Waals surface area contributed by atoms with Gasteiger partial charge in [-0.15, -0.1) is 0 Å².